The van der Waals surface area contributed by atoms with Gasteiger partial charge in [0.15, 0.2) is 0 Å². The molecule has 2 aromatic carbocycles. The van der Waals surface area contributed by atoms with Gasteiger partial charge in [0.1, 0.15) is 5.82 Å². The molecule has 1 aliphatic heterocycles. The van der Waals surface area contributed by atoms with Crippen molar-refractivity contribution < 1.29 is 4.79 Å². The van der Waals surface area contributed by atoms with E-state index in [1.807, 2.05) is 42.5 Å². The minimum atomic E-state index is -0.266. The molecule has 1 saturated heterocycles. The summed E-state index contributed by atoms with van der Waals surface area (Å²) in [5.41, 5.74) is 3.62. The average Bonchev–Trinajstić information content (AvgIpc) is 2.71. The Morgan fingerprint density at radius 2 is 1.64 bits per heavy atom. The second-order valence-corrected chi connectivity index (χ2v) is 8.08. The van der Waals surface area contributed by atoms with Crippen molar-refractivity contribution in [3.05, 3.63) is 58.6 Å². The molecular formula is C22H23BrN4O. The first-order valence-electron chi connectivity index (χ1n) is 9.58. The Bertz CT molecular complexity index is 997. The van der Waals surface area contributed by atoms with E-state index in [2.05, 4.69) is 44.5 Å². The van der Waals surface area contributed by atoms with E-state index in [9.17, 15) is 4.79 Å². The molecule has 1 aromatic heterocycles. The highest BCUT2D eigenvalue weighted by molar-refractivity contribution is 9.10. The molecule has 2 N–H and O–H groups in total. The maximum Gasteiger partial charge on any atom is 0.323 e. The summed E-state index contributed by atoms with van der Waals surface area (Å²) in [4.78, 5) is 19.5. The van der Waals surface area contributed by atoms with E-state index in [0.717, 1.165) is 45.7 Å². The molecule has 1 fully saturated rings. The Balaban J connectivity index is 1.51. The monoisotopic (exact) mass is 438 g/mol. The van der Waals surface area contributed by atoms with Crippen LogP contribution >= 0.6 is 15.9 Å². The van der Waals surface area contributed by atoms with E-state index in [0.29, 0.717) is 0 Å². The van der Waals surface area contributed by atoms with Crippen LogP contribution in [-0.4, -0.2) is 24.1 Å². The van der Waals surface area contributed by atoms with Crippen LogP contribution in [0.3, 0.4) is 0 Å². The Morgan fingerprint density at radius 1 is 0.964 bits per heavy atom. The fourth-order valence-corrected chi connectivity index (χ4v) is 3.83. The zero-order valence-electron chi connectivity index (χ0n) is 15.8. The van der Waals surface area contributed by atoms with Crippen LogP contribution in [0.25, 0.3) is 10.9 Å². The fraction of sp³-hybridized carbons (Fsp3) is 0.273. The lowest BCUT2D eigenvalue weighted by Gasteiger charge is -2.28. The number of hydrogen-bond donors (Lipinski definition) is 2. The SMILES string of the molecule is Cc1cc(N2CCCCC2)nc2ccc(NC(=O)Nc3ccc(Br)cc3)cc12. The predicted octanol–water partition coefficient (Wildman–Crippen LogP) is 5.94. The van der Waals surface area contributed by atoms with Crippen LogP contribution in [-0.2, 0) is 0 Å². The van der Waals surface area contributed by atoms with Crippen molar-refractivity contribution >= 4 is 50.1 Å². The first-order valence-corrected chi connectivity index (χ1v) is 10.4. The Labute approximate surface area is 173 Å². The zero-order chi connectivity index (χ0) is 19.5. The number of anilines is 3. The maximum absolute atomic E-state index is 12.3. The molecule has 6 heteroatoms. The number of amides is 2. The summed E-state index contributed by atoms with van der Waals surface area (Å²) in [6.07, 6.45) is 3.77. The third-order valence-electron chi connectivity index (χ3n) is 5.04. The number of carbonyl (C=O) groups excluding carboxylic acids is 1. The van der Waals surface area contributed by atoms with E-state index in [-0.39, 0.29) is 6.03 Å². The van der Waals surface area contributed by atoms with Crippen molar-refractivity contribution in [1.29, 1.82) is 0 Å². The van der Waals surface area contributed by atoms with Gasteiger partial charge in [-0.15, -0.1) is 0 Å². The Morgan fingerprint density at radius 3 is 2.39 bits per heavy atom. The number of nitrogens with zero attached hydrogens (tertiary/aromatic N) is 2. The van der Waals surface area contributed by atoms with Gasteiger partial charge in [0.2, 0.25) is 0 Å². The summed E-state index contributed by atoms with van der Waals surface area (Å²) in [6, 6.07) is 15.2. The average molecular weight is 439 g/mol. The lowest BCUT2D eigenvalue weighted by molar-refractivity contribution is 0.262. The Kier molecular flexibility index (Phi) is 5.48. The largest absolute Gasteiger partial charge is 0.357 e. The van der Waals surface area contributed by atoms with Crippen LogP contribution in [0.5, 0.6) is 0 Å². The van der Waals surface area contributed by atoms with Gasteiger partial charge in [-0.3, -0.25) is 0 Å². The van der Waals surface area contributed by atoms with E-state index >= 15 is 0 Å². The number of pyridine rings is 1. The zero-order valence-corrected chi connectivity index (χ0v) is 17.4. The van der Waals surface area contributed by atoms with Crippen molar-refractivity contribution in [3.63, 3.8) is 0 Å². The van der Waals surface area contributed by atoms with Gasteiger partial charge >= 0.3 is 6.03 Å². The highest BCUT2D eigenvalue weighted by atomic mass is 79.9. The number of fused-ring (bicyclic) bond motifs is 1. The summed E-state index contributed by atoms with van der Waals surface area (Å²) in [5, 5.41) is 6.80. The molecule has 0 aliphatic carbocycles. The summed E-state index contributed by atoms with van der Waals surface area (Å²) < 4.78 is 0.972. The van der Waals surface area contributed by atoms with Gasteiger partial charge in [0.05, 0.1) is 5.52 Å². The summed E-state index contributed by atoms with van der Waals surface area (Å²) >= 11 is 3.39. The maximum atomic E-state index is 12.3. The molecular weight excluding hydrogens is 416 g/mol. The molecule has 3 aromatic rings. The van der Waals surface area contributed by atoms with Gasteiger partial charge in [0, 0.05) is 34.3 Å². The van der Waals surface area contributed by atoms with Gasteiger partial charge in [-0.1, -0.05) is 15.9 Å². The minimum Gasteiger partial charge on any atom is -0.357 e. The number of halogens is 1. The van der Waals surface area contributed by atoms with E-state index in [1.165, 1.54) is 24.8 Å². The van der Waals surface area contributed by atoms with Crippen molar-refractivity contribution in [3.8, 4) is 0 Å². The first kappa shape index (κ1) is 18.7. The molecule has 0 bridgehead atoms. The van der Waals surface area contributed by atoms with Crippen LogP contribution in [0.4, 0.5) is 22.0 Å². The molecule has 1 aliphatic rings. The van der Waals surface area contributed by atoms with E-state index in [1.54, 1.807) is 0 Å². The summed E-state index contributed by atoms with van der Waals surface area (Å²) in [6.45, 7) is 4.25. The number of benzene rings is 2. The van der Waals surface area contributed by atoms with Crippen molar-refractivity contribution in [1.82, 2.24) is 4.98 Å². The highest BCUT2D eigenvalue weighted by Crippen LogP contribution is 2.27. The molecule has 2 heterocycles. The number of urea groups is 1. The third kappa shape index (κ3) is 4.28. The minimum absolute atomic E-state index is 0.266. The first-order chi connectivity index (χ1) is 13.6. The Hall–Kier alpha value is -2.60. The molecule has 5 nitrogen and oxygen atoms in total. The third-order valence-corrected chi connectivity index (χ3v) is 5.57. The molecule has 0 radical (unpaired) electrons. The number of piperidine rings is 1. The fourth-order valence-electron chi connectivity index (χ4n) is 3.57. The number of hydrogen-bond acceptors (Lipinski definition) is 3. The van der Waals surface area contributed by atoms with Crippen LogP contribution in [0.2, 0.25) is 0 Å². The van der Waals surface area contributed by atoms with E-state index < -0.39 is 0 Å². The normalized spacial score (nSPS) is 14.1. The van der Waals surface area contributed by atoms with Gasteiger partial charge < -0.3 is 15.5 Å². The lowest BCUT2D eigenvalue weighted by Crippen LogP contribution is -2.30. The van der Waals surface area contributed by atoms with Gasteiger partial charge in [0.25, 0.3) is 0 Å². The molecule has 4 rings (SSSR count). The van der Waals surface area contributed by atoms with E-state index in [4.69, 9.17) is 4.98 Å². The molecule has 144 valence electrons. The molecule has 28 heavy (non-hydrogen) atoms. The van der Waals surface area contributed by atoms with Crippen LogP contribution in [0, 0.1) is 6.92 Å². The second-order valence-electron chi connectivity index (χ2n) is 7.16. The summed E-state index contributed by atoms with van der Waals surface area (Å²) in [7, 11) is 0. The van der Waals surface area contributed by atoms with Gasteiger partial charge in [-0.05, 0) is 80.3 Å². The van der Waals surface area contributed by atoms with Gasteiger partial charge in [-0.25, -0.2) is 9.78 Å². The molecule has 2 amide bonds. The number of aryl methyl sites for hydroxylation is 1. The quantitative estimate of drug-likeness (QED) is 0.531. The molecule has 0 unspecified atom stereocenters. The number of carbonyl (C=O) groups is 1. The summed E-state index contributed by atoms with van der Waals surface area (Å²) in [5.74, 6) is 1.05. The lowest BCUT2D eigenvalue weighted by atomic mass is 10.1. The second kappa shape index (κ2) is 8.19. The standard InChI is InChI=1S/C22H23BrN4O/c1-15-13-21(27-11-3-2-4-12-27)26-20-10-9-18(14-19(15)20)25-22(28)24-17-7-5-16(23)6-8-17/h5-10,13-14H,2-4,11-12H2,1H3,(H2,24,25,28). The number of aromatic nitrogens is 1. The molecule has 0 spiro atoms. The predicted molar refractivity (Wildman–Crippen MR) is 119 cm³/mol. The highest BCUT2D eigenvalue weighted by Gasteiger charge is 2.14. The number of rotatable bonds is 3. The van der Waals surface area contributed by atoms with Crippen molar-refractivity contribution in [2.24, 2.45) is 0 Å². The molecule has 0 atom stereocenters. The topological polar surface area (TPSA) is 57.3 Å². The van der Waals surface area contributed by atoms with Crippen molar-refractivity contribution in [2.45, 2.75) is 26.2 Å². The molecule has 0 saturated carbocycles. The smallest absolute Gasteiger partial charge is 0.323 e. The van der Waals surface area contributed by atoms with Crippen LogP contribution < -0.4 is 15.5 Å². The van der Waals surface area contributed by atoms with Crippen LogP contribution in [0.1, 0.15) is 24.8 Å². The van der Waals surface area contributed by atoms with Crippen LogP contribution in [0.15, 0.2) is 53.0 Å². The number of nitrogens with one attached hydrogen (secondary N) is 2. The van der Waals surface area contributed by atoms with Gasteiger partial charge in [-0.2, -0.15) is 0 Å². The van der Waals surface area contributed by atoms with Crippen molar-refractivity contribution in [2.75, 3.05) is 28.6 Å².